The maximum atomic E-state index is 13.1. The van der Waals surface area contributed by atoms with Crippen LogP contribution in [0.5, 0.6) is 0 Å². The molecule has 0 spiro atoms. The maximum absolute atomic E-state index is 13.1. The molecule has 1 saturated heterocycles. The smallest absolute Gasteiger partial charge is 0.243 e. The Morgan fingerprint density at radius 3 is 2.50 bits per heavy atom. The third kappa shape index (κ3) is 5.17. The molecule has 1 amide bonds. The molecule has 1 aliphatic heterocycles. The highest BCUT2D eigenvalue weighted by Crippen LogP contribution is 2.27. The summed E-state index contributed by atoms with van der Waals surface area (Å²) in [5.74, 6) is -0.630. The summed E-state index contributed by atoms with van der Waals surface area (Å²) in [5, 5.41) is 2.89. The molecule has 28 heavy (non-hydrogen) atoms. The van der Waals surface area contributed by atoms with Gasteiger partial charge in [-0.05, 0) is 49.1 Å². The second-order valence-electron chi connectivity index (χ2n) is 7.01. The van der Waals surface area contributed by atoms with Gasteiger partial charge in [0.1, 0.15) is 5.82 Å². The molecule has 7 heteroatoms. The third-order valence-electron chi connectivity index (χ3n) is 4.99. The van der Waals surface area contributed by atoms with Crippen LogP contribution in [-0.2, 0) is 21.2 Å². The third-order valence-corrected chi connectivity index (χ3v) is 6.96. The van der Waals surface area contributed by atoms with Crippen LogP contribution >= 0.6 is 0 Å². The first-order valence-corrected chi connectivity index (χ1v) is 11.0. The van der Waals surface area contributed by atoms with Crippen LogP contribution in [0.25, 0.3) is 0 Å². The Morgan fingerprint density at radius 2 is 1.79 bits per heavy atom. The number of nitrogens with one attached hydrogen (secondary N) is 1. The van der Waals surface area contributed by atoms with Crippen LogP contribution in [0.2, 0.25) is 0 Å². The van der Waals surface area contributed by atoms with Crippen molar-refractivity contribution in [2.24, 2.45) is 0 Å². The number of hydrogen-bond acceptors (Lipinski definition) is 3. The predicted octanol–water partition coefficient (Wildman–Crippen LogP) is 3.12. The first-order valence-electron chi connectivity index (χ1n) is 9.55. The van der Waals surface area contributed by atoms with E-state index in [1.165, 1.54) is 16.4 Å². The van der Waals surface area contributed by atoms with E-state index in [9.17, 15) is 17.6 Å². The zero-order valence-corrected chi connectivity index (χ0v) is 16.5. The normalized spacial score (nSPS) is 18.0. The van der Waals surface area contributed by atoms with Crippen molar-refractivity contribution in [3.05, 3.63) is 66.0 Å². The summed E-state index contributed by atoms with van der Waals surface area (Å²) in [6.07, 6.45) is 3.15. The van der Waals surface area contributed by atoms with Crippen molar-refractivity contribution in [1.29, 1.82) is 0 Å². The van der Waals surface area contributed by atoms with E-state index in [1.807, 2.05) is 30.3 Å². The topological polar surface area (TPSA) is 66.5 Å². The lowest BCUT2D eigenvalue weighted by Crippen LogP contribution is -2.46. The molecule has 0 bridgehead atoms. The average Bonchev–Trinajstić information content (AvgIpc) is 2.69. The molecule has 1 N–H and O–H groups in total. The summed E-state index contributed by atoms with van der Waals surface area (Å²) in [6, 6.07) is 14.3. The Hall–Kier alpha value is -2.25. The lowest BCUT2D eigenvalue weighted by molar-refractivity contribution is -0.122. The minimum Gasteiger partial charge on any atom is -0.356 e. The number of carbonyl (C=O) groups excluding carboxylic acids is 1. The van der Waals surface area contributed by atoms with Crippen molar-refractivity contribution >= 4 is 15.9 Å². The van der Waals surface area contributed by atoms with Gasteiger partial charge in [0.05, 0.1) is 4.90 Å². The van der Waals surface area contributed by atoms with Gasteiger partial charge < -0.3 is 5.32 Å². The quantitative estimate of drug-likeness (QED) is 0.771. The van der Waals surface area contributed by atoms with Crippen molar-refractivity contribution in [1.82, 2.24) is 9.62 Å². The highest BCUT2D eigenvalue weighted by atomic mass is 32.2. The molecule has 1 aliphatic rings. The van der Waals surface area contributed by atoms with Crippen molar-refractivity contribution in [2.75, 3.05) is 13.1 Å². The molecule has 0 aromatic heterocycles. The highest BCUT2D eigenvalue weighted by molar-refractivity contribution is 7.89. The molecule has 150 valence electrons. The fraction of sp³-hybridized carbons (Fsp3) is 0.381. The molecule has 0 aliphatic carbocycles. The van der Waals surface area contributed by atoms with E-state index in [-0.39, 0.29) is 23.3 Å². The summed E-state index contributed by atoms with van der Waals surface area (Å²) < 4.78 is 40.5. The molecule has 5 nitrogen and oxygen atoms in total. The lowest BCUT2D eigenvalue weighted by atomic mass is 10.0. The van der Waals surface area contributed by atoms with Gasteiger partial charge in [0.25, 0.3) is 0 Å². The first-order chi connectivity index (χ1) is 13.5. The summed E-state index contributed by atoms with van der Waals surface area (Å²) in [7, 11) is -3.75. The molecule has 0 saturated carbocycles. The van der Waals surface area contributed by atoms with Gasteiger partial charge in [-0.15, -0.1) is 0 Å². The summed E-state index contributed by atoms with van der Waals surface area (Å²) in [6.45, 7) is 0.891. The van der Waals surface area contributed by atoms with Crippen LogP contribution in [0.1, 0.15) is 31.2 Å². The number of halogens is 1. The van der Waals surface area contributed by atoms with Gasteiger partial charge >= 0.3 is 0 Å². The number of piperidine rings is 1. The van der Waals surface area contributed by atoms with Crippen LogP contribution < -0.4 is 5.32 Å². The van der Waals surface area contributed by atoms with Gasteiger partial charge in [0.15, 0.2) is 0 Å². The molecular formula is C21H25FN2O3S. The molecule has 3 rings (SSSR count). The molecule has 1 atom stereocenters. The van der Waals surface area contributed by atoms with Crippen molar-refractivity contribution in [3.8, 4) is 0 Å². The SMILES string of the molecule is O=C(C[C@@H]1CCCCN1S(=O)(=O)c1ccc(F)cc1)NCCc1ccccc1. The highest BCUT2D eigenvalue weighted by Gasteiger charge is 2.34. The largest absolute Gasteiger partial charge is 0.356 e. The molecule has 2 aromatic carbocycles. The minimum absolute atomic E-state index is 0.0604. The van der Waals surface area contributed by atoms with Gasteiger partial charge in [-0.3, -0.25) is 4.79 Å². The van der Waals surface area contributed by atoms with Gasteiger partial charge in [-0.1, -0.05) is 36.8 Å². The van der Waals surface area contributed by atoms with Gasteiger partial charge in [0, 0.05) is 25.6 Å². The molecule has 0 unspecified atom stereocenters. The van der Waals surface area contributed by atoms with Crippen LogP contribution in [0.15, 0.2) is 59.5 Å². The molecule has 0 radical (unpaired) electrons. The zero-order chi connectivity index (χ0) is 20.0. The van der Waals surface area contributed by atoms with E-state index in [0.29, 0.717) is 19.5 Å². The lowest BCUT2D eigenvalue weighted by Gasteiger charge is -2.34. The van der Waals surface area contributed by atoms with Crippen LogP contribution in [0, 0.1) is 5.82 Å². The number of benzene rings is 2. The summed E-state index contributed by atoms with van der Waals surface area (Å²) in [5.41, 5.74) is 1.14. The van der Waals surface area contributed by atoms with E-state index in [2.05, 4.69) is 5.32 Å². The van der Waals surface area contributed by atoms with Crippen LogP contribution in [0.3, 0.4) is 0 Å². The standard InChI is InChI=1S/C21H25FN2O3S/c22-18-9-11-20(12-10-18)28(26,27)24-15-5-4-8-19(24)16-21(25)23-14-13-17-6-2-1-3-7-17/h1-3,6-7,9-12,19H,4-5,8,13-16H2,(H,23,25)/t19-/m0/s1. The Labute approximate surface area is 165 Å². The molecule has 1 fully saturated rings. The van der Waals surface area contributed by atoms with E-state index in [1.54, 1.807) is 0 Å². The summed E-state index contributed by atoms with van der Waals surface area (Å²) >= 11 is 0. The van der Waals surface area contributed by atoms with E-state index >= 15 is 0 Å². The Balaban J connectivity index is 1.61. The Kier molecular flexibility index (Phi) is 6.80. The number of carbonyl (C=O) groups is 1. The fourth-order valence-corrected chi connectivity index (χ4v) is 5.21. The average molecular weight is 405 g/mol. The van der Waals surface area contributed by atoms with E-state index < -0.39 is 15.8 Å². The predicted molar refractivity (Wildman–Crippen MR) is 106 cm³/mol. The van der Waals surface area contributed by atoms with Crippen LogP contribution in [0.4, 0.5) is 4.39 Å². The monoisotopic (exact) mass is 404 g/mol. The second-order valence-corrected chi connectivity index (χ2v) is 8.90. The zero-order valence-electron chi connectivity index (χ0n) is 15.7. The molecule has 2 aromatic rings. The molecular weight excluding hydrogens is 379 g/mol. The number of nitrogens with zero attached hydrogens (tertiary/aromatic N) is 1. The van der Waals surface area contributed by atoms with E-state index in [4.69, 9.17) is 0 Å². The van der Waals surface area contributed by atoms with Crippen molar-refractivity contribution in [2.45, 2.75) is 43.0 Å². The fourth-order valence-electron chi connectivity index (χ4n) is 3.51. The number of amides is 1. The molecule has 1 heterocycles. The number of rotatable bonds is 7. The van der Waals surface area contributed by atoms with E-state index in [0.717, 1.165) is 37.0 Å². The Morgan fingerprint density at radius 1 is 1.07 bits per heavy atom. The first kappa shape index (κ1) is 20.5. The van der Waals surface area contributed by atoms with Crippen molar-refractivity contribution in [3.63, 3.8) is 0 Å². The van der Waals surface area contributed by atoms with Crippen LogP contribution in [-0.4, -0.2) is 37.8 Å². The number of sulfonamides is 1. The second kappa shape index (κ2) is 9.30. The van der Waals surface area contributed by atoms with Gasteiger partial charge in [-0.2, -0.15) is 4.31 Å². The van der Waals surface area contributed by atoms with Crippen molar-refractivity contribution < 1.29 is 17.6 Å². The van der Waals surface area contributed by atoms with Gasteiger partial charge in [0.2, 0.25) is 15.9 Å². The number of hydrogen-bond donors (Lipinski definition) is 1. The Bertz CT molecular complexity index is 886. The summed E-state index contributed by atoms with van der Waals surface area (Å²) in [4.78, 5) is 12.4. The van der Waals surface area contributed by atoms with Gasteiger partial charge in [-0.25, -0.2) is 12.8 Å². The maximum Gasteiger partial charge on any atom is 0.243 e. The minimum atomic E-state index is -3.75.